The summed E-state index contributed by atoms with van der Waals surface area (Å²) < 4.78 is 35.5. The zero-order valence-electron chi connectivity index (χ0n) is 16.1. The van der Waals surface area contributed by atoms with E-state index in [0.29, 0.717) is 12.4 Å². The summed E-state index contributed by atoms with van der Waals surface area (Å²) in [6.07, 6.45) is 2.56. The van der Waals surface area contributed by atoms with Gasteiger partial charge in [-0.3, -0.25) is 15.0 Å². The largest absolute Gasteiger partial charge is 0.489 e. The summed E-state index contributed by atoms with van der Waals surface area (Å²) in [5.74, 6) is -0.444. The third kappa shape index (κ3) is 4.26. The number of nitrogens with zero attached hydrogens (tertiary/aromatic N) is 1. The van der Waals surface area contributed by atoms with Crippen molar-refractivity contribution in [3.63, 3.8) is 0 Å². The molecule has 1 saturated heterocycles. The molecule has 2 heterocycles. The van der Waals surface area contributed by atoms with Crippen LogP contribution in [0, 0.1) is 0 Å². The zero-order valence-corrected chi connectivity index (χ0v) is 16.9. The van der Waals surface area contributed by atoms with Crippen molar-refractivity contribution in [2.45, 2.75) is 42.4 Å². The standard InChI is InChI=1S/C20H24N2O6S/c1-2-16-4-3-15(13-21-16)14-28-17-5-7-18(8-6-17)29(25,26)20(19(23)22-24)9-11-27-12-10-20/h3-8,13,24H,2,9-12,14H2,1H3,(H,22,23). The molecule has 29 heavy (non-hydrogen) atoms. The summed E-state index contributed by atoms with van der Waals surface area (Å²) in [6.45, 7) is 2.58. The number of hydrogen-bond donors (Lipinski definition) is 2. The van der Waals surface area contributed by atoms with E-state index in [1.807, 2.05) is 19.1 Å². The maximum Gasteiger partial charge on any atom is 0.265 e. The minimum Gasteiger partial charge on any atom is -0.489 e. The summed E-state index contributed by atoms with van der Waals surface area (Å²) in [4.78, 5) is 16.6. The molecule has 0 saturated carbocycles. The van der Waals surface area contributed by atoms with Crippen LogP contribution in [0.5, 0.6) is 5.75 Å². The number of carbonyl (C=O) groups is 1. The van der Waals surface area contributed by atoms with Crippen molar-refractivity contribution in [2.75, 3.05) is 13.2 Å². The fourth-order valence-corrected chi connectivity index (χ4v) is 5.22. The van der Waals surface area contributed by atoms with E-state index in [9.17, 15) is 13.2 Å². The first-order valence-electron chi connectivity index (χ1n) is 9.36. The zero-order chi connectivity index (χ0) is 20.9. The summed E-state index contributed by atoms with van der Waals surface area (Å²) in [6, 6.07) is 9.78. The summed E-state index contributed by atoms with van der Waals surface area (Å²) in [5.41, 5.74) is 3.41. The van der Waals surface area contributed by atoms with E-state index < -0.39 is 20.5 Å². The predicted molar refractivity (Wildman–Crippen MR) is 104 cm³/mol. The maximum atomic E-state index is 13.2. The maximum absolute atomic E-state index is 13.2. The molecule has 1 aromatic carbocycles. The highest BCUT2D eigenvalue weighted by Gasteiger charge is 2.52. The van der Waals surface area contributed by atoms with Crippen LogP contribution < -0.4 is 10.2 Å². The SMILES string of the molecule is CCc1ccc(COc2ccc(S(=O)(=O)C3(C(=O)NO)CCOCC3)cc2)cn1. The molecule has 1 aliphatic heterocycles. The number of sulfone groups is 1. The van der Waals surface area contributed by atoms with Crippen LogP contribution in [0.15, 0.2) is 47.5 Å². The molecule has 1 fully saturated rings. The van der Waals surface area contributed by atoms with E-state index in [0.717, 1.165) is 17.7 Å². The van der Waals surface area contributed by atoms with Crippen molar-refractivity contribution in [3.05, 3.63) is 53.9 Å². The van der Waals surface area contributed by atoms with E-state index in [1.165, 1.54) is 17.6 Å². The Morgan fingerprint density at radius 2 is 1.90 bits per heavy atom. The first-order chi connectivity index (χ1) is 13.9. The van der Waals surface area contributed by atoms with Gasteiger partial charge >= 0.3 is 0 Å². The molecule has 3 rings (SSSR count). The Morgan fingerprint density at radius 3 is 2.45 bits per heavy atom. The Labute approximate surface area is 169 Å². The molecule has 1 aliphatic rings. The minimum absolute atomic E-state index is 0.00989. The van der Waals surface area contributed by atoms with Crippen molar-refractivity contribution in [1.29, 1.82) is 0 Å². The molecule has 0 aliphatic carbocycles. The molecular formula is C20H24N2O6S. The van der Waals surface area contributed by atoms with Crippen LogP contribution in [-0.2, 0) is 32.4 Å². The first-order valence-corrected chi connectivity index (χ1v) is 10.8. The Balaban J connectivity index is 1.76. The van der Waals surface area contributed by atoms with Gasteiger partial charge in [-0.15, -0.1) is 0 Å². The molecule has 0 bridgehead atoms. The molecule has 0 radical (unpaired) electrons. The lowest BCUT2D eigenvalue weighted by molar-refractivity contribution is -0.134. The number of ether oxygens (including phenoxy) is 2. The number of carbonyl (C=O) groups excluding carboxylic acids is 1. The Morgan fingerprint density at radius 1 is 1.21 bits per heavy atom. The lowest BCUT2D eigenvalue weighted by Gasteiger charge is -2.34. The minimum atomic E-state index is -4.04. The van der Waals surface area contributed by atoms with E-state index in [4.69, 9.17) is 14.7 Å². The van der Waals surface area contributed by atoms with Crippen LogP contribution in [0.25, 0.3) is 0 Å². The third-order valence-corrected chi connectivity index (χ3v) is 7.63. The third-order valence-electron chi connectivity index (χ3n) is 5.12. The average molecular weight is 420 g/mol. The van der Waals surface area contributed by atoms with Gasteiger partial charge in [0.25, 0.3) is 5.91 Å². The Kier molecular flexibility index (Phi) is 6.51. The number of nitrogens with one attached hydrogen (secondary N) is 1. The molecule has 0 spiro atoms. The number of hydrogen-bond acceptors (Lipinski definition) is 7. The molecule has 9 heteroatoms. The van der Waals surface area contributed by atoms with Gasteiger partial charge in [0, 0.05) is 30.7 Å². The fraction of sp³-hybridized carbons (Fsp3) is 0.400. The molecule has 1 amide bonds. The van der Waals surface area contributed by atoms with E-state index in [1.54, 1.807) is 18.3 Å². The smallest absolute Gasteiger partial charge is 0.265 e. The number of hydroxylamine groups is 1. The Bertz CT molecular complexity index is 936. The Hall–Kier alpha value is -2.49. The predicted octanol–water partition coefficient (Wildman–Crippen LogP) is 2.05. The molecule has 1 aromatic heterocycles. The molecule has 2 aromatic rings. The molecule has 2 N–H and O–H groups in total. The van der Waals surface area contributed by atoms with Gasteiger partial charge < -0.3 is 9.47 Å². The van der Waals surface area contributed by atoms with Gasteiger partial charge in [0.1, 0.15) is 12.4 Å². The molecular weight excluding hydrogens is 396 g/mol. The van der Waals surface area contributed by atoms with Crippen LogP contribution in [0.4, 0.5) is 0 Å². The van der Waals surface area contributed by atoms with Gasteiger partial charge in [0.15, 0.2) is 14.6 Å². The number of aromatic nitrogens is 1. The van der Waals surface area contributed by atoms with Crippen molar-refractivity contribution in [2.24, 2.45) is 0 Å². The van der Waals surface area contributed by atoms with Crippen LogP contribution in [0.2, 0.25) is 0 Å². The second-order valence-electron chi connectivity index (χ2n) is 6.82. The van der Waals surface area contributed by atoms with Gasteiger partial charge in [-0.05, 0) is 49.6 Å². The second-order valence-corrected chi connectivity index (χ2v) is 9.08. The van der Waals surface area contributed by atoms with Gasteiger partial charge in [-0.1, -0.05) is 13.0 Å². The van der Waals surface area contributed by atoms with Crippen molar-refractivity contribution < 1.29 is 27.9 Å². The van der Waals surface area contributed by atoms with Crippen LogP contribution in [0.1, 0.15) is 31.0 Å². The highest BCUT2D eigenvalue weighted by Crippen LogP contribution is 2.35. The van der Waals surface area contributed by atoms with Gasteiger partial charge in [-0.2, -0.15) is 0 Å². The highest BCUT2D eigenvalue weighted by molar-refractivity contribution is 7.93. The van der Waals surface area contributed by atoms with Crippen molar-refractivity contribution in [1.82, 2.24) is 10.5 Å². The number of amides is 1. The second kappa shape index (κ2) is 8.89. The average Bonchev–Trinajstić information content (AvgIpc) is 2.78. The number of aryl methyl sites for hydroxylation is 1. The van der Waals surface area contributed by atoms with Crippen molar-refractivity contribution in [3.8, 4) is 5.75 Å². The van der Waals surface area contributed by atoms with Gasteiger partial charge in [0.2, 0.25) is 0 Å². The van der Waals surface area contributed by atoms with E-state index in [-0.39, 0.29) is 31.0 Å². The molecule has 8 nitrogen and oxygen atoms in total. The van der Waals surface area contributed by atoms with E-state index in [2.05, 4.69) is 4.98 Å². The van der Waals surface area contributed by atoms with Gasteiger partial charge in [0.05, 0.1) is 4.90 Å². The molecule has 0 atom stereocenters. The van der Waals surface area contributed by atoms with Crippen molar-refractivity contribution >= 4 is 15.7 Å². The number of benzene rings is 1. The number of rotatable bonds is 7. The van der Waals surface area contributed by atoms with Gasteiger partial charge in [-0.25, -0.2) is 13.9 Å². The lowest BCUT2D eigenvalue weighted by Crippen LogP contribution is -2.54. The van der Waals surface area contributed by atoms with Crippen LogP contribution in [-0.4, -0.2) is 42.5 Å². The lowest BCUT2D eigenvalue weighted by atomic mass is 9.98. The fourth-order valence-electron chi connectivity index (χ4n) is 3.28. The van der Waals surface area contributed by atoms with E-state index >= 15 is 0 Å². The normalized spacial score (nSPS) is 16.2. The first kappa shape index (κ1) is 21.2. The number of pyridine rings is 1. The topological polar surface area (TPSA) is 115 Å². The molecule has 0 unspecified atom stereocenters. The monoisotopic (exact) mass is 420 g/mol. The summed E-state index contributed by atoms with van der Waals surface area (Å²) in [5, 5.41) is 9.09. The van der Waals surface area contributed by atoms with Crippen LogP contribution in [0.3, 0.4) is 0 Å². The quantitative estimate of drug-likeness (QED) is 0.520. The molecule has 156 valence electrons. The summed E-state index contributed by atoms with van der Waals surface area (Å²) in [7, 11) is -4.04. The van der Waals surface area contributed by atoms with Crippen LogP contribution >= 0.6 is 0 Å². The highest BCUT2D eigenvalue weighted by atomic mass is 32.2. The summed E-state index contributed by atoms with van der Waals surface area (Å²) >= 11 is 0.